The third-order valence-corrected chi connectivity index (χ3v) is 4.31. The van der Waals surface area contributed by atoms with Crippen molar-refractivity contribution in [2.45, 2.75) is 64.5 Å². The molecule has 1 aliphatic rings. The molecule has 0 aliphatic carbocycles. The summed E-state index contributed by atoms with van der Waals surface area (Å²) in [5.74, 6) is 0. The van der Waals surface area contributed by atoms with Gasteiger partial charge < -0.3 is 5.32 Å². The monoisotopic (exact) mass is 269 g/mol. The second-order valence-corrected chi connectivity index (χ2v) is 5.64. The first-order chi connectivity index (χ1) is 8.73. The molecule has 0 aromatic carbocycles. The van der Waals surface area contributed by atoms with E-state index in [0.717, 1.165) is 31.0 Å². The smallest absolute Gasteiger partial charge is 0.0837 e. The van der Waals surface area contributed by atoms with Gasteiger partial charge in [-0.25, -0.2) is 0 Å². The molecule has 1 aliphatic heterocycles. The predicted molar refractivity (Wildman–Crippen MR) is 76.0 cm³/mol. The average Bonchev–Trinajstić information content (AvgIpc) is 2.62. The van der Waals surface area contributed by atoms with Crippen molar-refractivity contribution in [3.8, 4) is 0 Å². The number of nitrogens with one attached hydrogen (secondary N) is 1. The van der Waals surface area contributed by atoms with Gasteiger partial charge >= 0.3 is 0 Å². The van der Waals surface area contributed by atoms with E-state index in [1.54, 1.807) is 6.20 Å². The van der Waals surface area contributed by atoms with Crippen LogP contribution in [0.1, 0.15) is 58.1 Å². The molecule has 0 bridgehead atoms. The van der Waals surface area contributed by atoms with Gasteiger partial charge in [-0.1, -0.05) is 38.3 Å². The standard InChI is InChI=1S/C14H24ClN3/c1-3-10-18-13(12(15)11-17-18)14(4-2)8-6-5-7-9-16-14/h11,16H,3-10H2,1-2H3. The van der Waals surface area contributed by atoms with Crippen LogP contribution in [0.3, 0.4) is 0 Å². The Morgan fingerprint density at radius 2 is 2.22 bits per heavy atom. The van der Waals surface area contributed by atoms with Crippen LogP contribution >= 0.6 is 11.6 Å². The van der Waals surface area contributed by atoms with Crippen LogP contribution in [-0.4, -0.2) is 16.3 Å². The average molecular weight is 270 g/mol. The lowest BCUT2D eigenvalue weighted by Gasteiger charge is -2.34. The molecule has 1 unspecified atom stereocenters. The fraction of sp³-hybridized carbons (Fsp3) is 0.786. The van der Waals surface area contributed by atoms with Gasteiger partial charge in [-0.3, -0.25) is 4.68 Å². The van der Waals surface area contributed by atoms with Crippen molar-refractivity contribution >= 4 is 11.6 Å². The molecule has 0 spiro atoms. The number of aromatic nitrogens is 2. The minimum atomic E-state index is 0.0270. The van der Waals surface area contributed by atoms with Crippen molar-refractivity contribution < 1.29 is 0 Å². The van der Waals surface area contributed by atoms with Crippen LogP contribution in [0.4, 0.5) is 0 Å². The molecule has 1 fully saturated rings. The van der Waals surface area contributed by atoms with Crippen molar-refractivity contribution in [3.05, 3.63) is 16.9 Å². The molecule has 18 heavy (non-hydrogen) atoms. The van der Waals surface area contributed by atoms with Gasteiger partial charge in [0.25, 0.3) is 0 Å². The van der Waals surface area contributed by atoms with E-state index < -0.39 is 0 Å². The molecule has 1 N–H and O–H groups in total. The first-order valence-electron chi connectivity index (χ1n) is 7.20. The SMILES string of the molecule is CCCn1ncc(Cl)c1C1(CC)CCCCCN1. The number of rotatable bonds is 4. The molecule has 2 heterocycles. The Kier molecular flexibility index (Phi) is 4.68. The highest BCUT2D eigenvalue weighted by atomic mass is 35.5. The Bertz CT molecular complexity index is 378. The van der Waals surface area contributed by atoms with E-state index in [1.165, 1.54) is 31.4 Å². The number of halogens is 1. The van der Waals surface area contributed by atoms with Crippen molar-refractivity contribution in [1.82, 2.24) is 15.1 Å². The van der Waals surface area contributed by atoms with Crippen molar-refractivity contribution in [1.29, 1.82) is 0 Å². The Balaban J connectivity index is 2.38. The molecule has 0 saturated carbocycles. The lowest BCUT2D eigenvalue weighted by Crippen LogP contribution is -2.43. The first-order valence-corrected chi connectivity index (χ1v) is 7.58. The van der Waals surface area contributed by atoms with Crippen LogP contribution in [0, 0.1) is 0 Å². The van der Waals surface area contributed by atoms with Gasteiger partial charge in [-0.15, -0.1) is 0 Å². The quantitative estimate of drug-likeness (QED) is 0.903. The molecule has 2 rings (SSSR count). The number of nitrogens with zero attached hydrogens (tertiary/aromatic N) is 2. The topological polar surface area (TPSA) is 29.9 Å². The summed E-state index contributed by atoms with van der Waals surface area (Å²) in [5, 5.41) is 9.01. The van der Waals surface area contributed by atoms with Crippen molar-refractivity contribution in [3.63, 3.8) is 0 Å². The molecule has 3 nitrogen and oxygen atoms in total. The van der Waals surface area contributed by atoms with Crippen LogP contribution in [-0.2, 0) is 12.1 Å². The first kappa shape index (κ1) is 13.9. The molecule has 0 amide bonds. The Morgan fingerprint density at radius 1 is 1.39 bits per heavy atom. The minimum absolute atomic E-state index is 0.0270. The summed E-state index contributed by atoms with van der Waals surface area (Å²) in [4.78, 5) is 0. The molecular formula is C14H24ClN3. The third kappa shape index (κ3) is 2.57. The highest BCUT2D eigenvalue weighted by Crippen LogP contribution is 2.36. The second kappa shape index (κ2) is 6.07. The van der Waals surface area contributed by atoms with E-state index >= 15 is 0 Å². The zero-order valence-electron chi connectivity index (χ0n) is 11.5. The normalized spacial score (nSPS) is 25.1. The van der Waals surface area contributed by atoms with Crippen LogP contribution in [0.5, 0.6) is 0 Å². The summed E-state index contributed by atoms with van der Waals surface area (Å²) in [6, 6.07) is 0. The van der Waals surface area contributed by atoms with Gasteiger partial charge in [0.15, 0.2) is 0 Å². The van der Waals surface area contributed by atoms with Crippen LogP contribution in [0.15, 0.2) is 6.20 Å². The molecule has 1 aromatic heterocycles. The molecule has 0 radical (unpaired) electrons. The van der Waals surface area contributed by atoms with E-state index in [9.17, 15) is 0 Å². The fourth-order valence-electron chi connectivity index (χ4n) is 3.04. The summed E-state index contributed by atoms with van der Waals surface area (Å²) < 4.78 is 2.10. The molecule has 4 heteroatoms. The Labute approximate surface area is 115 Å². The lowest BCUT2D eigenvalue weighted by molar-refractivity contribution is 0.286. The molecule has 1 atom stereocenters. The zero-order chi connectivity index (χ0) is 13.0. The highest BCUT2D eigenvalue weighted by Gasteiger charge is 2.35. The third-order valence-electron chi connectivity index (χ3n) is 4.03. The number of hydrogen-bond acceptors (Lipinski definition) is 2. The van der Waals surface area contributed by atoms with Crippen LogP contribution < -0.4 is 5.32 Å². The summed E-state index contributed by atoms with van der Waals surface area (Å²) in [6.45, 7) is 6.46. The van der Waals surface area contributed by atoms with E-state index in [1.807, 2.05) is 0 Å². The van der Waals surface area contributed by atoms with Gasteiger partial charge in [0.1, 0.15) is 0 Å². The molecule has 1 aromatic rings. The predicted octanol–water partition coefficient (Wildman–Crippen LogP) is 3.72. The van der Waals surface area contributed by atoms with Gasteiger partial charge in [0.05, 0.1) is 22.5 Å². The van der Waals surface area contributed by atoms with Gasteiger partial charge in [-0.2, -0.15) is 5.10 Å². The fourth-order valence-corrected chi connectivity index (χ4v) is 3.36. The maximum absolute atomic E-state index is 6.41. The largest absolute Gasteiger partial charge is 0.306 e. The van der Waals surface area contributed by atoms with E-state index in [4.69, 9.17) is 11.6 Å². The number of aryl methyl sites for hydroxylation is 1. The second-order valence-electron chi connectivity index (χ2n) is 5.24. The van der Waals surface area contributed by atoms with Crippen LogP contribution in [0.25, 0.3) is 0 Å². The molecular weight excluding hydrogens is 246 g/mol. The van der Waals surface area contributed by atoms with Gasteiger partial charge in [-0.05, 0) is 32.2 Å². The van der Waals surface area contributed by atoms with Gasteiger partial charge in [0.2, 0.25) is 0 Å². The van der Waals surface area contributed by atoms with Gasteiger partial charge in [0, 0.05) is 6.54 Å². The van der Waals surface area contributed by atoms with E-state index in [0.29, 0.717) is 0 Å². The van der Waals surface area contributed by atoms with E-state index in [2.05, 4.69) is 28.9 Å². The summed E-state index contributed by atoms with van der Waals surface area (Å²) >= 11 is 6.41. The molecule has 102 valence electrons. The Morgan fingerprint density at radius 3 is 2.94 bits per heavy atom. The summed E-state index contributed by atoms with van der Waals surface area (Å²) in [7, 11) is 0. The summed E-state index contributed by atoms with van der Waals surface area (Å²) in [6.07, 6.45) is 8.98. The lowest BCUT2D eigenvalue weighted by atomic mass is 9.87. The van der Waals surface area contributed by atoms with E-state index in [-0.39, 0.29) is 5.54 Å². The zero-order valence-corrected chi connectivity index (χ0v) is 12.3. The van der Waals surface area contributed by atoms with Crippen molar-refractivity contribution in [2.24, 2.45) is 0 Å². The minimum Gasteiger partial charge on any atom is -0.306 e. The van der Waals surface area contributed by atoms with Crippen LogP contribution in [0.2, 0.25) is 5.02 Å². The Hall–Kier alpha value is -0.540. The maximum atomic E-state index is 6.41. The number of hydrogen-bond donors (Lipinski definition) is 1. The summed E-state index contributed by atoms with van der Waals surface area (Å²) in [5.41, 5.74) is 1.23. The maximum Gasteiger partial charge on any atom is 0.0837 e. The highest BCUT2D eigenvalue weighted by molar-refractivity contribution is 6.31. The van der Waals surface area contributed by atoms with Crippen molar-refractivity contribution in [2.75, 3.05) is 6.54 Å². The molecule has 1 saturated heterocycles.